The summed E-state index contributed by atoms with van der Waals surface area (Å²) in [5.41, 5.74) is 6.88. The molecule has 1 aromatic rings. The molecule has 3 heteroatoms. The van der Waals surface area contributed by atoms with E-state index in [2.05, 4.69) is 18.8 Å². The first-order valence-corrected chi connectivity index (χ1v) is 5.98. The Morgan fingerprint density at radius 3 is 2.38 bits per heavy atom. The van der Waals surface area contributed by atoms with Crippen molar-refractivity contribution in [3.63, 3.8) is 0 Å². The van der Waals surface area contributed by atoms with E-state index in [0.717, 1.165) is 36.8 Å². The fourth-order valence-corrected chi connectivity index (χ4v) is 2.17. The number of nitrogen functional groups attached to an aromatic ring is 1. The molecule has 0 radical (unpaired) electrons. The number of nitrogens with zero attached hydrogens (tertiary/aromatic N) is 1. The van der Waals surface area contributed by atoms with Gasteiger partial charge in [-0.15, -0.1) is 0 Å². The number of anilines is 1. The second-order valence-electron chi connectivity index (χ2n) is 4.48. The first-order chi connectivity index (χ1) is 7.53. The lowest BCUT2D eigenvalue weighted by atomic mass is 9.85. The molecule has 90 valence electrons. The van der Waals surface area contributed by atoms with Crippen LogP contribution in [0.2, 0.25) is 0 Å². The van der Waals surface area contributed by atoms with E-state index in [9.17, 15) is 5.11 Å². The van der Waals surface area contributed by atoms with Crippen LogP contribution in [-0.2, 0) is 5.60 Å². The molecule has 0 aliphatic rings. The highest BCUT2D eigenvalue weighted by atomic mass is 16.3. The lowest BCUT2D eigenvalue weighted by Gasteiger charge is -2.29. The van der Waals surface area contributed by atoms with E-state index in [4.69, 9.17) is 5.73 Å². The van der Waals surface area contributed by atoms with Crippen LogP contribution in [0.3, 0.4) is 0 Å². The molecule has 0 spiro atoms. The first-order valence-electron chi connectivity index (χ1n) is 5.98. The zero-order valence-corrected chi connectivity index (χ0v) is 10.5. The van der Waals surface area contributed by atoms with Gasteiger partial charge in [0.1, 0.15) is 5.82 Å². The minimum absolute atomic E-state index is 0.454. The smallest absolute Gasteiger partial charge is 0.129 e. The average Bonchev–Trinajstić information content (AvgIpc) is 2.22. The molecule has 0 unspecified atom stereocenters. The molecule has 0 bridgehead atoms. The standard InChI is InChI=1S/C13H22N2O/c1-4-6-13(16,7-5-2)11-8-10(3)9-15-12(11)14/h8-9,16H,4-7H2,1-3H3,(H2,14,15). The van der Waals surface area contributed by atoms with Gasteiger partial charge in [-0.3, -0.25) is 0 Å². The third-order valence-corrected chi connectivity index (χ3v) is 2.88. The monoisotopic (exact) mass is 222 g/mol. The molecule has 1 aromatic heterocycles. The van der Waals surface area contributed by atoms with Crippen LogP contribution < -0.4 is 5.73 Å². The van der Waals surface area contributed by atoms with Gasteiger partial charge in [-0.2, -0.15) is 0 Å². The SMILES string of the molecule is CCCC(O)(CCC)c1cc(C)cnc1N. The van der Waals surface area contributed by atoms with Crippen molar-refractivity contribution >= 4 is 5.82 Å². The Kier molecular flexibility index (Phi) is 4.30. The summed E-state index contributed by atoms with van der Waals surface area (Å²) in [7, 11) is 0. The lowest BCUT2D eigenvalue weighted by molar-refractivity contribution is 0.0174. The van der Waals surface area contributed by atoms with E-state index in [0.29, 0.717) is 5.82 Å². The predicted molar refractivity (Wildman–Crippen MR) is 67.1 cm³/mol. The molecule has 1 heterocycles. The number of aromatic nitrogens is 1. The van der Waals surface area contributed by atoms with E-state index < -0.39 is 5.60 Å². The molecule has 0 aliphatic carbocycles. The Hall–Kier alpha value is -1.09. The van der Waals surface area contributed by atoms with Crippen LogP contribution in [0, 0.1) is 6.92 Å². The predicted octanol–water partition coefficient (Wildman–Crippen LogP) is 2.76. The van der Waals surface area contributed by atoms with E-state index in [-0.39, 0.29) is 0 Å². The average molecular weight is 222 g/mol. The van der Waals surface area contributed by atoms with Crippen LogP contribution in [0.25, 0.3) is 0 Å². The summed E-state index contributed by atoms with van der Waals surface area (Å²) in [6.45, 7) is 6.11. The van der Waals surface area contributed by atoms with Crippen molar-refractivity contribution in [3.8, 4) is 0 Å². The van der Waals surface area contributed by atoms with Crippen molar-refractivity contribution in [1.29, 1.82) is 0 Å². The number of rotatable bonds is 5. The normalized spacial score (nSPS) is 11.8. The van der Waals surface area contributed by atoms with Gasteiger partial charge in [0.2, 0.25) is 0 Å². The van der Waals surface area contributed by atoms with Crippen LogP contribution in [0.5, 0.6) is 0 Å². The summed E-state index contributed by atoms with van der Waals surface area (Å²) in [6.07, 6.45) is 5.07. The third-order valence-electron chi connectivity index (χ3n) is 2.88. The number of pyridine rings is 1. The van der Waals surface area contributed by atoms with Crippen molar-refractivity contribution in [3.05, 3.63) is 23.4 Å². The molecule has 3 nitrogen and oxygen atoms in total. The maximum Gasteiger partial charge on any atom is 0.129 e. The maximum atomic E-state index is 10.7. The van der Waals surface area contributed by atoms with Gasteiger partial charge in [0, 0.05) is 11.8 Å². The molecule has 0 amide bonds. The first kappa shape index (κ1) is 13.0. The van der Waals surface area contributed by atoms with Crippen molar-refractivity contribution < 1.29 is 5.11 Å². The zero-order chi connectivity index (χ0) is 12.2. The Balaban J connectivity index is 3.14. The Bertz CT molecular complexity index is 344. The Labute approximate surface area is 97.7 Å². The van der Waals surface area contributed by atoms with E-state index >= 15 is 0 Å². The highest BCUT2D eigenvalue weighted by molar-refractivity contribution is 5.44. The lowest BCUT2D eigenvalue weighted by Crippen LogP contribution is -2.27. The quantitative estimate of drug-likeness (QED) is 0.805. The second-order valence-corrected chi connectivity index (χ2v) is 4.48. The Morgan fingerprint density at radius 1 is 1.31 bits per heavy atom. The van der Waals surface area contributed by atoms with Gasteiger partial charge >= 0.3 is 0 Å². The maximum absolute atomic E-state index is 10.7. The fraction of sp³-hybridized carbons (Fsp3) is 0.615. The molecule has 0 saturated carbocycles. The van der Waals surface area contributed by atoms with Crippen molar-refractivity contribution in [1.82, 2.24) is 4.98 Å². The topological polar surface area (TPSA) is 59.1 Å². The highest BCUT2D eigenvalue weighted by Crippen LogP contribution is 2.34. The molecule has 0 aromatic carbocycles. The molecule has 0 saturated heterocycles. The summed E-state index contributed by atoms with van der Waals surface area (Å²) < 4.78 is 0. The van der Waals surface area contributed by atoms with E-state index in [1.54, 1.807) is 6.20 Å². The Morgan fingerprint density at radius 2 is 1.88 bits per heavy atom. The zero-order valence-electron chi connectivity index (χ0n) is 10.5. The van der Waals surface area contributed by atoms with Crippen LogP contribution >= 0.6 is 0 Å². The highest BCUT2D eigenvalue weighted by Gasteiger charge is 2.29. The summed E-state index contributed by atoms with van der Waals surface area (Å²) in [5.74, 6) is 0.454. The van der Waals surface area contributed by atoms with Gasteiger partial charge in [-0.05, 0) is 31.4 Å². The molecule has 16 heavy (non-hydrogen) atoms. The molecule has 3 N–H and O–H groups in total. The largest absolute Gasteiger partial charge is 0.385 e. The van der Waals surface area contributed by atoms with Crippen molar-refractivity contribution in [2.75, 3.05) is 5.73 Å². The van der Waals surface area contributed by atoms with Gasteiger partial charge in [0.25, 0.3) is 0 Å². The number of aliphatic hydroxyl groups is 1. The summed E-state index contributed by atoms with van der Waals surface area (Å²) in [4.78, 5) is 4.13. The number of hydrogen-bond donors (Lipinski definition) is 2. The summed E-state index contributed by atoms with van der Waals surface area (Å²) >= 11 is 0. The van der Waals surface area contributed by atoms with Gasteiger partial charge in [-0.1, -0.05) is 26.7 Å². The number of nitrogens with two attached hydrogens (primary N) is 1. The molecule has 0 fully saturated rings. The van der Waals surface area contributed by atoms with Gasteiger partial charge in [0.15, 0.2) is 0 Å². The minimum atomic E-state index is -0.813. The van der Waals surface area contributed by atoms with Crippen LogP contribution in [-0.4, -0.2) is 10.1 Å². The van der Waals surface area contributed by atoms with E-state index in [1.165, 1.54) is 0 Å². The number of hydrogen-bond acceptors (Lipinski definition) is 3. The number of aryl methyl sites for hydroxylation is 1. The molecular formula is C13H22N2O. The van der Waals surface area contributed by atoms with Crippen LogP contribution in [0.4, 0.5) is 5.82 Å². The molecular weight excluding hydrogens is 200 g/mol. The summed E-state index contributed by atoms with van der Waals surface area (Å²) in [5, 5.41) is 10.7. The third kappa shape index (κ3) is 2.73. The van der Waals surface area contributed by atoms with E-state index in [1.807, 2.05) is 13.0 Å². The summed E-state index contributed by atoms with van der Waals surface area (Å²) in [6, 6.07) is 1.95. The van der Waals surface area contributed by atoms with Crippen LogP contribution in [0.15, 0.2) is 12.3 Å². The van der Waals surface area contributed by atoms with Crippen LogP contribution in [0.1, 0.15) is 50.7 Å². The van der Waals surface area contributed by atoms with Gasteiger partial charge in [0.05, 0.1) is 5.60 Å². The molecule has 0 atom stereocenters. The fourth-order valence-electron chi connectivity index (χ4n) is 2.17. The van der Waals surface area contributed by atoms with Crippen molar-refractivity contribution in [2.45, 2.75) is 52.1 Å². The van der Waals surface area contributed by atoms with Gasteiger partial charge in [-0.25, -0.2) is 4.98 Å². The van der Waals surface area contributed by atoms with Gasteiger partial charge < -0.3 is 10.8 Å². The second kappa shape index (κ2) is 5.30. The molecule has 0 aliphatic heterocycles. The van der Waals surface area contributed by atoms with Crippen molar-refractivity contribution in [2.24, 2.45) is 0 Å². The minimum Gasteiger partial charge on any atom is -0.385 e. The molecule has 1 rings (SSSR count).